The van der Waals surface area contributed by atoms with Crippen molar-refractivity contribution in [1.82, 2.24) is 3.11 Å². The van der Waals surface area contributed by atoms with E-state index >= 15 is 0 Å². The highest BCUT2D eigenvalue weighted by atomic mass is 127. The summed E-state index contributed by atoms with van der Waals surface area (Å²) in [6.45, 7) is 1.20. The molecule has 0 aromatic rings. The second kappa shape index (κ2) is 5.64. The van der Waals surface area contributed by atoms with E-state index < -0.39 is 18.1 Å². The van der Waals surface area contributed by atoms with E-state index in [1.807, 2.05) is 0 Å². The van der Waals surface area contributed by atoms with Crippen LogP contribution >= 0.6 is 22.9 Å². The quantitative estimate of drug-likeness (QED) is 0.477. The van der Waals surface area contributed by atoms with Crippen molar-refractivity contribution in [1.29, 1.82) is 0 Å². The molecule has 1 N–H and O–H groups in total. The molecule has 1 amide bonds. The molecular formula is C7H8INO4. The van der Waals surface area contributed by atoms with Crippen molar-refractivity contribution in [3.63, 3.8) is 0 Å². The monoisotopic (exact) mass is 297 g/mol. The highest BCUT2D eigenvalue weighted by Crippen LogP contribution is 2.08. The summed E-state index contributed by atoms with van der Waals surface area (Å²) in [5, 5.41) is 8.53. The first-order valence-electron chi connectivity index (χ1n) is 3.28. The van der Waals surface area contributed by atoms with Gasteiger partial charge < -0.3 is 9.84 Å². The number of carbonyl (C=O) groups excluding carboxylic acids is 1. The summed E-state index contributed by atoms with van der Waals surface area (Å²) in [6, 6.07) is -0.939. The number of carboxylic acids is 1. The zero-order chi connectivity index (χ0) is 10.4. The van der Waals surface area contributed by atoms with Crippen LogP contribution in [0.4, 0.5) is 4.79 Å². The minimum Gasteiger partial charge on any atom is -0.480 e. The SMILES string of the molecule is C#CCOC(=O)N(I)[C@@H](C)C(=O)O. The number of carboxylic acid groups (broad SMARTS) is 1. The average Bonchev–Trinajstić information content (AvgIpc) is 2.11. The van der Waals surface area contributed by atoms with Crippen molar-refractivity contribution < 1.29 is 19.4 Å². The van der Waals surface area contributed by atoms with Gasteiger partial charge in [0.1, 0.15) is 6.04 Å². The molecule has 0 aromatic heterocycles. The maximum atomic E-state index is 11.0. The first kappa shape index (κ1) is 12.0. The zero-order valence-corrected chi connectivity index (χ0v) is 9.02. The largest absolute Gasteiger partial charge is 0.480 e. The second-order valence-electron chi connectivity index (χ2n) is 2.08. The van der Waals surface area contributed by atoms with Crippen LogP contribution < -0.4 is 0 Å². The predicted octanol–water partition coefficient (Wildman–Crippen LogP) is 0.881. The Bertz CT molecular complexity index is 247. The minimum atomic E-state index is -1.10. The van der Waals surface area contributed by atoms with E-state index in [4.69, 9.17) is 11.5 Å². The third-order valence-corrected chi connectivity index (χ3v) is 2.38. The van der Waals surface area contributed by atoms with E-state index in [9.17, 15) is 9.59 Å². The van der Waals surface area contributed by atoms with Crippen molar-refractivity contribution >= 4 is 34.9 Å². The predicted molar refractivity (Wildman–Crippen MR) is 53.1 cm³/mol. The molecule has 13 heavy (non-hydrogen) atoms. The molecule has 0 heterocycles. The Labute approximate surface area is 89.5 Å². The zero-order valence-electron chi connectivity index (χ0n) is 6.86. The van der Waals surface area contributed by atoms with E-state index in [-0.39, 0.29) is 6.61 Å². The van der Waals surface area contributed by atoms with Gasteiger partial charge in [-0.2, -0.15) is 0 Å². The maximum Gasteiger partial charge on any atom is 0.420 e. The van der Waals surface area contributed by atoms with Crippen LogP contribution in [-0.4, -0.2) is 32.9 Å². The smallest absolute Gasteiger partial charge is 0.420 e. The molecule has 72 valence electrons. The maximum absolute atomic E-state index is 11.0. The van der Waals surface area contributed by atoms with E-state index in [0.29, 0.717) is 0 Å². The molecule has 0 bridgehead atoms. The Morgan fingerprint density at radius 1 is 1.77 bits per heavy atom. The summed E-state index contributed by atoms with van der Waals surface area (Å²) >= 11 is 1.56. The van der Waals surface area contributed by atoms with Crippen molar-refractivity contribution in [2.24, 2.45) is 0 Å². The average molecular weight is 297 g/mol. The lowest BCUT2D eigenvalue weighted by molar-refractivity contribution is -0.140. The third kappa shape index (κ3) is 3.98. The number of amides is 1. The number of nitrogens with zero attached hydrogens (tertiary/aromatic N) is 1. The molecule has 0 spiro atoms. The Morgan fingerprint density at radius 3 is 2.69 bits per heavy atom. The Hall–Kier alpha value is -0.970. The third-order valence-electron chi connectivity index (χ3n) is 1.15. The number of ether oxygens (including phenoxy) is 1. The van der Waals surface area contributed by atoms with Crippen molar-refractivity contribution in [3.8, 4) is 12.3 Å². The summed E-state index contributed by atoms with van der Waals surface area (Å²) in [7, 11) is 0. The van der Waals surface area contributed by atoms with Crippen LogP contribution in [0.2, 0.25) is 0 Å². The lowest BCUT2D eigenvalue weighted by atomic mass is 10.4. The Morgan fingerprint density at radius 2 is 2.31 bits per heavy atom. The minimum absolute atomic E-state index is 0.162. The number of rotatable bonds is 3. The van der Waals surface area contributed by atoms with Crippen LogP contribution in [0.3, 0.4) is 0 Å². The van der Waals surface area contributed by atoms with Gasteiger partial charge in [-0.05, 0) is 6.92 Å². The fourth-order valence-corrected chi connectivity index (χ4v) is 0.798. The van der Waals surface area contributed by atoms with Crippen LogP contribution in [0.5, 0.6) is 0 Å². The van der Waals surface area contributed by atoms with Gasteiger partial charge in [0.2, 0.25) is 0 Å². The number of hydrogen-bond donors (Lipinski definition) is 1. The second-order valence-corrected chi connectivity index (χ2v) is 3.12. The fourth-order valence-electron chi connectivity index (χ4n) is 0.420. The standard InChI is InChI=1S/C7H8INO4/c1-3-4-13-7(12)9(8)5(2)6(10)11/h1,5H,4H2,2H3,(H,10,11)/t5-/m0/s1. The molecule has 0 saturated carbocycles. The van der Waals surface area contributed by atoms with Gasteiger partial charge in [-0.1, -0.05) is 5.92 Å². The van der Waals surface area contributed by atoms with Gasteiger partial charge in [0, 0.05) is 0 Å². The Kier molecular flexibility index (Phi) is 5.22. The van der Waals surface area contributed by atoms with Crippen molar-refractivity contribution in [2.45, 2.75) is 13.0 Å². The van der Waals surface area contributed by atoms with Gasteiger partial charge in [-0.15, -0.1) is 6.42 Å². The van der Waals surface area contributed by atoms with Crippen LogP contribution in [0, 0.1) is 12.3 Å². The van der Waals surface area contributed by atoms with Gasteiger partial charge in [0.25, 0.3) is 0 Å². The summed E-state index contributed by atoms with van der Waals surface area (Å²) in [5.74, 6) is 0.997. The molecule has 0 aliphatic rings. The molecule has 0 fully saturated rings. The summed E-state index contributed by atoms with van der Waals surface area (Å²) < 4.78 is 5.43. The normalized spacial score (nSPS) is 11.2. The fraction of sp³-hybridized carbons (Fsp3) is 0.429. The molecule has 0 saturated heterocycles. The van der Waals surface area contributed by atoms with Crippen LogP contribution in [0.1, 0.15) is 6.92 Å². The first-order valence-corrected chi connectivity index (χ1v) is 4.25. The lowest BCUT2D eigenvalue weighted by Gasteiger charge is -2.17. The highest BCUT2D eigenvalue weighted by Gasteiger charge is 2.24. The highest BCUT2D eigenvalue weighted by molar-refractivity contribution is 14.1. The van der Waals surface area contributed by atoms with Gasteiger partial charge in [0.05, 0.1) is 22.9 Å². The molecule has 0 rings (SSSR count). The molecular weight excluding hydrogens is 289 g/mol. The van der Waals surface area contributed by atoms with Gasteiger partial charge in [0.15, 0.2) is 6.61 Å². The number of aliphatic carboxylic acids is 1. The number of hydrogen-bond acceptors (Lipinski definition) is 3. The molecule has 0 aromatic carbocycles. The molecule has 5 nitrogen and oxygen atoms in total. The lowest BCUT2D eigenvalue weighted by Crippen LogP contribution is -2.36. The van der Waals surface area contributed by atoms with Crippen LogP contribution in [0.15, 0.2) is 0 Å². The molecule has 6 heteroatoms. The van der Waals surface area contributed by atoms with E-state index in [0.717, 1.165) is 3.11 Å². The van der Waals surface area contributed by atoms with E-state index in [1.165, 1.54) is 6.92 Å². The topological polar surface area (TPSA) is 66.8 Å². The van der Waals surface area contributed by atoms with Gasteiger partial charge in [-0.3, -0.25) is 0 Å². The summed E-state index contributed by atoms with van der Waals surface area (Å²) in [4.78, 5) is 21.4. The number of carbonyl (C=O) groups is 2. The molecule has 0 unspecified atom stereocenters. The van der Waals surface area contributed by atoms with Gasteiger partial charge >= 0.3 is 12.1 Å². The first-order chi connectivity index (χ1) is 6.00. The number of terminal acetylenes is 1. The van der Waals surface area contributed by atoms with Crippen molar-refractivity contribution in [3.05, 3.63) is 0 Å². The number of halogens is 1. The Balaban J connectivity index is 4.11. The molecule has 1 atom stereocenters. The molecule has 0 aliphatic carbocycles. The van der Waals surface area contributed by atoms with Crippen LogP contribution in [0.25, 0.3) is 0 Å². The van der Waals surface area contributed by atoms with Gasteiger partial charge in [-0.25, -0.2) is 12.7 Å². The van der Waals surface area contributed by atoms with E-state index in [2.05, 4.69) is 10.7 Å². The van der Waals surface area contributed by atoms with E-state index in [1.54, 1.807) is 22.9 Å². The summed E-state index contributed by atoms with van der Waals surface area (Å²) in [6.07, 6.45) is 4.09. The molecule has 0 radical (unpaired) electrons. The summed E-state index contributed by atoms with van der Waals surface area (Å²) in [5.41, 5.74) is 0. The van der Waals surface area contributed by atoms with Crippen LogP contribution in [-0.2, 0) is 9.53 Å². The molecule has 0 aliphatic heterocycles. The van der Waals surface area contributed by atoms with Crippen molar-refractivity contribution in [2.75, 3.05) is 6.61 Å².